The molecule has 17 heavy (non-hydrogen) atoms. The molecule has 0 atom stereocenters. The van der Waals surface area contributed by atoms with E-state index in [1.165, 1.54) is 0 Å². The first-order valence-corrected chi connectivity index (χ1v) is 6.37. The summed E-state index contributed by atoms with van der Waals surface area (Å²) in [7, 11) is 1.94. The first-order valence-electron chi connectivity index (χ1n) is 5.56. The molecule has 1 heterocycles. The van der Waals surface area contributed by atoms with Crippen LogP contribution in [0, 0.1) is 0 Å². The Morgan fingerprint density at radius 3 is 3.00 bits per heavy atom. The summed E-state index contributed by atoms with van der Waals surface area (Å²) in [6.07, 6.45) is 2.00. The molecular formula is C12H15N3OS. The highest BCUT2D eigenvalue weighted by Gasteiger charge is 2.06. The van der Waals surface area contributed by atoms with E-state index < -0.39 is 0 Å². The van der Waals surface area contributed by atoms with E-state index in [1.54, 1.807) is 23.5 Å². The van der Waals surface area contributed by atoms with Crippen molar-refractivity contribution >= 4 is 11.3 Å². The fraction of sp³-hybridized carbons (Fsp3) is 0.333. The topological polar surface area (TPSA) is 58.0 Å². The van der Waals surface area contributed by atoms with Crippen LogP contribution in [0.25, 0.3) is 10.6 Å². The molecule has 0 bridgehead atoms. The van der Waals surface area contributed by atoms with Gasteiger partial charge in [0.05, 0.1) is 0 Å². The quantitative estimate of drug-likeness (QED) is 0.796. The van der Waals surface area contributed by atoms with Gasteiger partial charge in [0.15, 0.2) is 0 Å². The minimum Gasteiger partial charge on any atom is -0.508 e. The van der Waals surface area contributed by atoms with Crippen LogP contribution >= 0.6 is 11.3 Å². The van der Waals surface area contributed by atoms with E-state index in [9.17, 15) is 5.11 Å². The van der Waals surface area contributed by atoms with Crippen molar-refractivity contribution in [2.75, 3.05) is 13.6 Å². The van der Waals surface area contributed by atoms with Crippen LogP contribution in [-0.2, 0) is 6.42 Å². The van der Waals surface area contributed by atoms with E-state index in [1.807, 2.05) is 19.2 Å². The summed E-state index contributed by atoms with van der Waals surface area (Å²) in [5, 5.41) is 22.7. The number of nitrogens with one attached hydrogen (secondary N) is 1. The largest absolute Gasteiger partial charge is 0.508 e. The third kappa shape index (κ3) is 3.25. The minimum atomic E-state index is 0.259. The Labute approximate surface area is 104 Å². The predicted molar refractivity (Wildman–Crippen MR) is 69.3 cm³/mol. The molecule has 0 saturated carbocycles. The van der Waals surface area contributed by atoms with Crippen LogP contribution in [0.5, 0.6) is 5.75 Å². The van der Waals surface area contributed by atoms with Crippen molar-refractivity contribution in [2.45, 2.75) is 12.8 Å². The summed E-state index contributed by atoms with van der Waals surface area (Å²) in [5.41, 5.74) is 0.919. The fourth-order valence-corrected chi connectivity index (χ4v) is 2.40. The average Bonchev–Trinajstić information content (AvgIpc) is 2.78. The van der Waals surface area contributed by atoms with Gasteiger partial charge < -0.3 is 10.4 Å². The summed E-state index contributed by atoms with van der Waals surface area (Å²) < 4.78 is 0. The smallest absolute Gasteiger partial charge is 0.147 e. The summed E-state index contributed by atoms with van der Waals surface area (Å²) in [5.74, 6) is 0.259. The molecule has 2 N–H and O–H groups in total. The molecule has 1 aromatic carbocycles. The maximum absolute atomic E-state index is 9.40. The van der Waals surface area contributed by atoms with Gasteiger partial charge in [0, 0.05) is 12.0 Å². The van der Waals surface area contributed by atoms with E-state index in [2.05, 4.69) is 15.5 Å². The van der Waals surface area contributed by atoms with Crippen molar-refractivity contribution in [3.63, 3.8) is 0 Å². The first kappa shape index (κ1) is 12.0. The Bertz CT molecular complexity index is 484. The standard InChI is InChI=1S/C12H15N3OS/c1-13-7-3-6-11-14-15-12(17-11)9-4-2-5-10(16)8-9/h2,4-5,8,13,16H,3,6-7H2,1H3. The Morgan fingerprint density at radius 2 is 2.24 bits per heavy atom. The van der Waals surface area contributed by atoms with E-state index >= 15 is 0 Å². The second-order valence-corrected chi connectivity index (χ2v) is 4.82. The van der Waals surface area contributed by atoms with Gasteiger partial charge in [0.2, 0.25) is 0 Å². The number of hydrogen-bond acceptors (Lipinski definition) is 5. The van der Waals surface area contributed by atoms with E-state index in [4.69, 9.17) is 0 Å². The van der Waals surface area contributed by atoms with Crippen LogP contribution in [0.1, 0.15) is 11.4 Å². The van der Waals surface area contributed by atoms with Crippen molar-refractivity contribution < 1.29 is 5.11 Å². The highest BCUT2D eigenvalue weighted by Crippen LogP contribution is 2.26. The highest BCUT2D eigenvalue weighted by molar-refractivity contribution is 7.14. The maximum Gasteiger partial charge on any atom is 0.147 e. The van der Waals surface area contributed by atoms with Crippen LogP contribution in [-0.4, -0.2) is 28.9 Å². The molecule has 90 valence electrons. The zero-order valence-electron chi connectivity index (χ0n) is 9.68. The molecular weight excluding hydrogens is 234 g/mol. The van der Waals surface area contributed by atoms with Gasteiger partial charge in [-0.25, -0.2) is 0 Å². The molecule has 5 heteroatoms. The van der Waals surface area contributed by atoms with Crippen molar-refractivity contribution in [2.24, 2.45) is 0 Å². The number of nitrogens with zero attached hydrogens (tertiary/aromatic N) is 2. The Balaban J connectivity index is 2.07. The number of phenolic OH excluding ortho intramolecular Hbond substituents is 1. The van der Waals surface area contributed by atoms with E-state index in [-0.39, 0.29) is 5.75 Å². The van der Waals surface area contributed by atoms with Gasteiger partial charge in [-0.2, -0.15) is 0 Å². The second-order valence-electron chi connectivity index (χ2n) is 3.76. The lowest BCUT2D eigenvalue weighted by atomic mass is 10.2. The van der Waals surface area contributed by atoms with Crippen LogP contribution in [0.2, 0.25) is 0 Å². The number of aromatic hydroxyl groups is 1. The Kier molecular flexibility index (Phi) is 4.06. The van der Waals surface area contributed by atoms with Crippen molar-refractivity contribution in [1.29, 1.82) is 0 Å². The molecule has 0 aliphatic carbocycles. The highest BCUT2D eigenvalue weighted by atomic mass is 32.1. The van der Waals surface area contributed by atoms with E-state index in [0.29, 0.717) is 0 Å². The second kappa shape index (κ2) is 5.75. The van der Waals surface area contributed by atoms with Gasteiger partial charge in [-0.15, -0.1) is 10.2 Å². The molecule has 0 saturated heterocycles. The number of aromatic nitrogens is 2. The number of aryl methyl sites for hydroxylation is 1. The molecule has 2 aromatic rings. The van der Waals surface area contributed by atoms with Crippen LogP contribution in [0.4, 0.5) is 0 Å². The number of benzene rings is 1. The summed E-state index contributed by atoms with van der Waals surface area (Å²) in [4.78, 5) is 0. The van der Waals surface area contributed by atoms with E-state index in [0.717, 1.165) is 35.0 Å². The number of hydrogen-bond donors (Lipinski definition) is 2. The minimum absolute atomic E-state index is 0.259. The van der Waals surface area contributed by atoms with Crippen LogP contribution in [0.3, 0.4) is 0 Å². The molecule has 0 amide bonds. The molecule has 0 fully saturated rings. The molecule has 0 spiro atoms. The van der Waals surface area contributed by atoms with Crippen molar-refractivity contribution in [3.8, 4) is 16.3 Å². The predicted octanol–water partition coefficient (Wildman–Crippen LogP) is 2.06. The van der Waals surface area contributed by atoms with Gasteiger partial charge in [0.1, 0.15) is 15.8 Å². The third-order valence-corrected chi connectivity index (χ3v) is 3.41. The summed E-state index contributed by atoms with van der Waals surface area (Å²) >= 11 is 1.58. The molecule has 4 nitrogen and oxygen atoms in total. The molecule has 0 unspecified atom stereocenters. The third-order valence-electron chi connectivity index (χ3n) is 2.38. The van der Waals surface area contributed by atoms with Crippen molar-refractivity contribution in [3.05, 3.63) is 29.3 Å². The maximum atomic E-state index is 9.40. The Morgan fingerprint density at radius 1 is 1.35 bits per heavy atom. The molecule has 0 aliphatic heterocycles. The monoisotopic (exact) mass is 249 g/mol. The average molecular weight is 249 g/mol. The first-order chi connectivity index (χ1) is 8.29. The normalized spacial score (nSPS) is 10.6. The zero-order valence-corrected chi connectivity index (χ0v) is 10.5. The molecule has 0 radical (unpaired) electrons. The van der Waals surface area contributed by atoms with Gasteiger partial charge in [-0.3, -0.25) is 0 Å². The molecule has 2 rings (SSSR count). The number of rotatable bonds is 5. The lowest BCUT2D eigenvalue weighted by Gasteiger charge is -1.96. The van der Waals surface area contributed by atoms with Crippen LogP contribution in [0.15, 0.2) is 24.3 Å². The van der Waals surface area contributed by atoms with Crippen molar-refractivity contribution in [1.82, 2.24) is 15.5 Å². The SMILES string of the molecule is CNCCCc1nnc(-c2cccc(O)c2)s1. The van der Waals surface area contributed by atoms with Crippen LogP contribution < -0.4 is 5.32 Å². The Hall–Kier alpha value is -1.46. The van der Waals surface area contributed by atoms with Gasteiger partial charge >= 0.3 is 0 Å². The molecule has 1 aromatic heterocycles. The van der Waals surface area contributed by atoms with Gasteiger partial charge in [0.25, 0.3) is 0 Å². The lowest BCUT2D eigenvalue weighted by Crippen LogP contribution is -2.08. The van der Waals surface area contributed by atoms with Gasteiger partial charge in [-0.1, -0.05) is 23.5 Å². The number of phenols is 1. The fourth-order valence-electron chi connectivity index (χ4n) is 1.53. The zero-order chi connectivity index (χ0) is 12.1. The van der Waals surface area contributed by atoms with Gasteiger partial charge in [-0.05, 0) is 32.1 Å². The summed E-state index contributed by atoms with van der Waals surface area (Å²) in [6.45, 7) is 0.987. The summed E-state index contributed by atoms with van der Waals surface area (Å²) in [6, 6.07) is 7.10. The lowest BCUT2D eigenvalue weighted by molar-refractivity contribution is 0.475. The molecule has 0 aliphatic rings.